The highest BCUT2D eigenvalue weighted by Crippen LogP contribution is 2.30. The van der Waals surface area contributed by atoms with Crippen LogP contribution in [0.4, 0.5) is 11.5 Å². The summed E-state index contributed by atoms with van der Waals surface area (Å²) in [6.07, 6.45) is 4.11. The van der Waals surface area contributed by atoms with E-state index in [-0.39, 0.29) is 5.91 Å². The summed E-state index contributed by atoms with van der Waals surface area (Å²) in [6.45, 7) is 9.02. The van der Waals surface area contributed by atoms with Gasteiger partial charge in [0.25, 0.3) is 0 Å². The van der Waals surface area contributed by atoms with Crippen LogP contribution in [0.5, 0.6) is 0 Å². The van der Waals surface area contributed by atoms with Gasteiger partial charge in [-0.3, -0.25) is 4.79 Å². The standard InChI is InChI=1S/C19H19N3O/c1-4-14-9-11-22(13-14)19-17-7-6-16(21(3)18(23)5-2)12-15(17)8-10-20-19/h5-8,10,12H,1-2,9,11,13H2,3H3. The van der Waals surface area contributed by atoms with Gasteiger partial charge in [-0.2, -0.15) is 0 Å². The van der Waals surface area contributed by atoms with E-state index in [9.17, 15) is 4.79 Å². The summed E-state index contributed by atoms with van der Waals surface area (Å²) in [5.74, 6) is 0.843. The van der Waals surface area contributed by atoms with E-state index in [1.54, 1.807) is 11.9 Å². The third-order valence-corrected chi connectivity index (χ3v) is 4.23. The first-order valence-electron chi connectivity index (χ1n) is 7.55. The molecule has 2 heterocycles. The van der Waals surface area contributed by atoms with Gasteiger partial charge in [-0.05, 0) is 47.7 Å². The van der Waals surface area contributed by atoms with E-state index in [0.29, 0.717) is 0 Å². The molecule has 0 N–H and O–H groups in total. The zero-order valence-corrected chi connectivity index (χ0v) is 13.2. The molecule has 1 aromatic heterocycles. The van der Waals surface area contributed by atoms with Crippen molar-refractivity contribution in [3.63, 3.8) is 0 Å². The monoisotopic (exact) mass is 305 g/mol. The van der Waals surface area contributed by atoms with Gasteiger partial charge in [-0.1, -0.05) is 13.2 Å². The number of hydrogen-bond acceptors (Lipinski definition) is 3. The molecule has 4 heteroatoms. The Morgan fingerprint density at radius 1 is 1.43 bits per heavy atom. The highest BCUT2D eigenvalue weighted by molar-refractivity contribution is 6.03. The maximum atomic E-state index is 11.8. The van der Waals surface area contributed by atoms with Crippen molar-refractivity contribution in [1.29, 1.82) is 0 Å². The zero-order valence-electron chi connectivity index (χ0n) is 13.2. The molecule has 0 spiro atoms. The largest absolute Gasteiger partial charge is 0.351 e. The van der Waals surface area contributed by atoms with Crippen LogP contribution >= 0.6 is 0 Å². The number of aromatic nitrogens is 1. The highest BCUT2D eigenvalue weighted by Gasteiger charge is 2.19. The number of anilines is 2. The summed E-state index contributed by atoms with van der Waals surface area (Å²) in [5, 5.41) is 2.15. The van der Waals surface area contributed by atoms with Gasteiger partial charge < -0.3 is 9.80 Å². The predicted molar refractivity (Wildman–Crippen MR) is 94.8 cm³/mol. The molecule has 23 heavy (non-hydrogen) atoms. The average Bonchev–Trinajstić information content (AvgIpc) is 3.08. The van der Waals surface area contributed by atoms with Crippen molar-refractivity contribution in [2.24, 2.45) is 0 Å². The Hall–Kier alpha value is -2.84. The molecule has 1 aromatic carbocycles. The second-order valence-corrected chi connectivity index (χ2v) is 5.59. The van der Waals surface area contributed by atoms with Gasteiger partial charge in [0.15, 0.2) is 0 Å². The molecule has 0 saturated carbocycles. The molecule has 2 aromatic rings. The van der Waals surface area contributed by atoms with Gasteiger partial charge in [0, 0.05) is 37.4 Å². The number of likely N-dealkylation sites (N-methyl/N-ethyl adjacent to an activating group) is 1. The van der Waals surface area contributed by atoms with Crippen molar-refractivity contribution in [1.82, 2.24) is 4.98 Å². The van der Waals surface area contributed by atoms with Crippen LogP contribution in [0.1, 0.15) is 6.42 Å². The number of pyridine rings is 1. The van der Waals surface area contributed by atoms with E-state index in [1.807, 2.05) is 30.5 Å². The van der Waals surface area contributed by atoms with Crippen LogP contribution < -0.4 is 9.80 Å². The van der Waals surface area contributed by atoms with Crippen molar-refractivity contribution in [2.45, 2.75) is 6.42 Å². The Balaban J connectivity index is 2.01. The van der Waals surface area contributed by atoms with Gasteiger partial charge in [0.1, 0.15) is 5.82 Å². The van der Waals surface area contributed by atoms with Crippen LogP contribution in [-0.4, -0.2) is 31.0 Å². The summed E-state index contributed by atoms with van der Waals surface area (Å²) in [6, 6.07) is 7.93. The molecule has 3 rings (SSSR count). The summed E-state index contributed by atoms with van der Waals surface area (Å²) in [4.78, 5) is 20.1. The first-order chi connectivity index (χ1) is 11.1. The normalized spacial score (nSPS) is 14.0. The molecular formula is C19H19N3O. The Morgan fingerprint density at radius 3 is 2.96 bits per heavy atom. The first kappa shape index (κ1) is 15.1. The lowest BCUT2D eigenvalue weighted by atomic mass is 10.1. The summed E-state index contributed by atoms with van der Waals surface area (Å²) >= 11 is 0. The van der Waals surface area contributed by atoms with Crippen molar-refractivity contribution in [3.8, 4) is 0 Å². The maximum Gasteiger partial charge on any atom is 0.250 e. The number of fused-ring (bicyclic) bond motifs is 1. The molecule has 1 amide bonds. The van der Waals surface area contributed by atoms with E-state index in [4.69, 9.17) is 0 Å². The van der Waals surface area contributed by atoms with Gasteiger partial charge in [0.05, 0.1) is 0 Å². The van der Waals surface area contributed by atoms with E-state index >= 15 is 0 Å². The number of carbonyl (C=O) groups excluding carboxylic acids is 1. The van der Waals surface area contributed by atoms with Gasteiger partial charge in [-0.15, -0.1) is 5.73 Å². The maximum absolute atomic E-state index is 11.8. The molecule has 1 aliphatic heterocycles. The van der Waals surface area contributed by atoms with Crippen LogP contribution in [0, 0.1) is 0 Å². The lowest BCUT2D eigenvalue weighted by Gasteiger charge is -2.20. The minimum atomic E-state index is -0.126. The zero-order chi connectivity index (χ0) is 16.4. The quantitative estimate of drug-likeness (QED) is 0.645. The first-order valence-corrected chi connectivity index (χ1v) is 7.55. The molecule has 1 fully saturated rings. The van der Waals surface area contributed by atoms with Gasteiger partial charge in [-0.25, -0.2) is 4.98 Å². The average molecular weight is 305 g/mol. The number of benzene rings is 1. The number of amides is 1. The van der Waals surface area contributed by atoms with Crippen molar-refractivity contribution < 1.29 is 4.79 Å². The van der Waals surface area contributed by atoms with Crippen molar-refractivity contribution in [3.05, 3.63) is 61.0 Å². The Morgan fingerprint density at radius 2 is 2.26 bits per heavy atom. The Kier molecular flexibility index (Phi) is 4.00. The summed E-state index contributed by atoms with van der Waals surface area (Å²) in [7, 11) is 1.74. The number of carbonyl (C=O) groups is 1. The molecule has 1 saturated heterocycles. The van der Waals surface area contributed by atoms with E-state index in [2.05, 4.69) is 28.8 Å². The van der Waals surface area contributed by atoms with Crippen molar-refractivity contribution >= 4 is 28.2 Å². The second-order valence-electron chi connectivity index (χ2n) is 5.59. The summed E-state index contributed by atoms with van der Waals surface area (Å²) < 4.78 is 0. The topological polar surface area (TPSA) is 36.4 Å². The van der Waals surface area contributed by atoms with E-state index in [1.165, 1.54) is 11.6 Å². The van der Waals surface area contributed by atoms with Crippen LogP contribution in [0.25, 0.3) is 10.8 Å². The molecule has 0 aliphatic carbocycles. The highest BCUT2D eigenvalue weighted by atomic mass is 16.2. The lowest BCUT2D eigenvalue weighted by Crippen LogP contribution is -2.23. The lowest BCUT2D eigenvalue weighted by molar-refractivity contribution is -0.113. The SMILES string of the molecule is C=C=C1CCN(c2nccc3cc(N(C)C(=O)C=C)ccc23)C1. The fourth-order valence-corrected chi connectivity index (χ4v) is 2.86. The molecule has 116 valence electrons. The molecule has 1 aliphatic rings. The fourth-order valence-electron chi connectivity index (χ4n) is 2.86. The second kappa shape index (κ2) is 6.11. The van der Waals surface area contributed by atoms with Crippen molar-refractivity contribution in [2.75, 3.05) is 29.9 Å². The number of hydrogen-bond donors (Lipinski definition) is 0. The Labute approximate surface area is 136 Å². The van der Waals surface area contributed by atoms with Crippen LogP contribution in [0.3, 0.4) is 0 Å². The number of rotatable bonds is 3. The molecule has 0 unspecified atom stereocenters. The minimum Gasteiger partial charge on any atom is -0.351 e. The molecule has 4 nitrogen and oxygen atoms in total. The van der Waals surface area contributed by atoms with Crippen LogP contribution in [-0.2, 0) is 4.79 Å². The third-order valence-electron chi connectivity index (χ3n) is 4.23. The van der Waals surface area contributed by atoms with Gasteiger partial charge in [0.2, 0.25) is 5.91 Å². The van der Waals surface area contributed by atoms with Gasteiger partial charge >= 0.3 is 0 Å². The molecule has 0 bridgehead atoms. The van der Waals surface area contributed by atoms with Crippen LogP contribution in [0.2, 0.25) is 0 Å². The van der Waals surface area contributed by atoms with E-state index < -0.39 is 0 Å². The molecule has 0 radical (unpaired) electrons. The Bertz CT molecular complexity index is 834. The predicted octanol–water partition coefficient (Wildman–Crippen LogP) is 3.31. The van der Waals surface area contributed by atoms with Crippen LogP contribution in [0.15, 0.2) is 61.0 Å². The molecule has 0 atom stereocenters. The van der Waals surface area contributed by atoms with E-state index in [0.717, 1.165) is 41.8 Å². The number of nitrogens with zero attached hydrogens (tertiary/aromatic N) is 3. The fraction of sp³-hybridized carbons (Fsp3) is 0.211. The summed E-state index contributed by atoms with van der Waals surface area (Å²) in [5.41, 5.74) is 5.06. The third kappa shape index (κ3) is 2.77. The minimum absolute atomic E-state index is 0.126. The molecular weight excluding hydrogens is 286 g/mol. The smallest absolute Gasteiger partial charge is 0.250 e.